The lowest BCUT2D eigenvalue weighted by atomic mass is 9.71. The number of hydrogen-bond donors (Lipinski definition) is 2. The van der Waals surface area contributed by atoms with Gasteiger partial charge < -0.3 is 15.1 Å². The van der Waals surface area contributed by atoms with Crippen LogP contribution in [-0.2, 0) is 0 Å². The van der Waals surface area contributed by atoms with Crippen molar-refractivity contribution in [3.63, 3.8) is 0 Å². The molecule has 0 aromatic rings. The first-order valence-corrected chi connectivity index (χ1v) is 7.10. The highest BCUT2D eigenvalue weighted by Gasteiger charge is 2.34. The Morgan fingerprint density at radius 1 is 1.24 bits per heavy atom. The summed E-state index contributed by atoms with van der Waals surface area (Å²) in [4.78, 5) is 2.38. The SMILES string of the molecule is CCN(CCCO)CC1(CO)CCC(C)CC1. The van der Waals surface area contributed by atoms with Crippen molar-refractivity contribution in [2.75, 3.05) is 32.8 Å². The van der Waals surface area contributed by atoms with Gasteiger partial charge in [0.2, 0.25) is 0 Å². The van der Waals surface area contributed by atoms with E-state index in [1.807, 2.05) is 0 Å². The van der Waals surface area contributed by atoms with Crippen LogP contribution in [0.25, 0.3) is 0 Å². The van der Waals surface area contributed by atoms with E-state index < -0.39 is 0 Å². The van der Waals surface area contributed by atoms with E-state index in [4.69, 9.17) is 5.11 Å². The van der Waals surface area contributed by atoms with E-state index in [1.165, 1.54) is 12.8 Å². The fourth-order valence-corrected chi connectivity index (χ4v) is 2.86. The van der Waals surface area contributed by atoms with Crippen LogP contribution in [0, 0.1) is 11.3 Å². The Labute approximate surface area is 106 Å². The van der Waals surface area contributed by atoms with E-state index in [-0.39, 0.29) is 12.0 Å². The summed E-state index contributed by atoms with van der Waals surface area (Å²) in [5, 5.41) is 18.6. The number of hydrogen-bond acceptors (Lipinski definition) is 3. The van der Waals surface area contributed by atoms with Gasteiger partial charge in [0.15, 0.2) is 0 Å². The molecule has 0 radical (unpaired) electrons. The molecular weight excluding hydrogens is 214 g/mol. The molecule has 1 saturated carbocycles. The zero-order valence-corrected chi connectivity index (χ0v) is 11.5. The van der Waals surface area contributed by atoms with Gasteiger partial charge in [0.1, 0.15) is 0 Å². The number of rotatable bonds is 7. The Kier molecular flexibility index (Phi) is 6.45. The summed E-state index contributed by atoms with van der Waals surface area (Å²) in [6.45, 7) is 8.00. The summed E-state index contributed by atoms with van der Waals surface area (Å²) in [5.41, 5.74) is 0.123. The second kappa shape index (κ2) is 7.34. The molecular formula is C14H29NO2. The Bertz CT molecular complexity index is 200. The van der Waals surface area contributed by atoms with Crippen LogP contribution >= 0.6 is 0 Å². The lowest BCUT2D eigenvalue weighted by Crippen LogP contribution is -2.43. The highest BCUT2D eigenvalue weighted by Crippen LogP contribution is 2.39. The van der Waals surface area contributed by atoms with Gasteiger partial charge in [-0.15, -0.1) is 0 Å². The summed E-state index contributed by atoms with van der Waals surface area (Å²) >= 11 is 0. The maximum Gasteiger partial charge on any atom is 0.0499 e. The predicted molar refractivity (Wildman–Crippen MR) is 71.0 cm³/mol. The molecule has 0 bridgehead atoms. The zero-order chi connectivity index (χ0) is 12.7. The minimum atomic E-state index is 0.123. The van der Waals surface area contributed by atoms with Crippen LogP contribution in [0.2, 0.25) is 0 Å². The predicted octanol–water partition coefficient (Wildman–Crippen LogP) is 1.88. The first kappa shape index (κ1) is 14.9. The molecule has 1 rings (SSSR count). The minimum Gasteiger partial charge on any atom is -0.396 e. The molecule has 2 N–H and O–H groups in total. The lowest BCUT2D eigenvalue weighted by molar-refractivity contribution is 0.0292. The third kappa shape index (κ3) is 4.57. The zero-order valence-electron chi connectivity index (χ0n) is 11.5. The Balaban J connectivity index is 2.48. The summed E-state index contributed by atoms with van der Waals surface area (Å²) in [6, 6.07) is 0. The van der Waals surface area contributed by atoms with Crippen molar-refractivity contribution < 1.29 is 10.2 Å². The normalized spacial score (nSPS) is 29.8. The Hall–Kier alpha value is -0.120. The molecule has 0 amide bonds. The summed E-state index contributed by atoms with van der Waals surface area (Å²) in [7, 11) is 0. The minimum absolute atomic E-state index is 0.123. The van der Waals surface area contributed by atoms with Crippen molar-refractivity contribution in [2.24, 2.45) is 11.3 Å². The van der Waals surface area contributed by atoms with Gasteiger partial charge in [-0.2, -0.15) is 0 Å². The molecule has 0 heterocycles. The van der Waals surface area contributed by atoms with Crippen LogP contribution < -0.4 is 0 Å². The van der Waals surface area contributed by atoms with Gasteiger partial charge >= 0.3 is 0 Å². The van der Waals surface area contributed by atoms with Gasteiger partial charge in [0.05, 0.1) is 0 Å². The molecule has 1 aliphatic rings. The molecule has 1 aliphatic carbocycles. The van der Waals surface area contributed by atoms with Crippen molar-refractivity contribution in [1.82, 2.24) is 4.90 Å². The standard InChI is InChI=1S/C14H29NO2/c1-3-15(9-4-10-16)11-14(12-17)7-5-13(2)6-8-14/h13,16-17H,3-12H2,1-2H3. The third-order valence-electron chi connectivity index (χ3n) is 4.31. The highest BCUT2D eigenvalue weighted by atomic mass is 16.3. The molecule has 3 nitrogen and oxygen atoms in total. The first-order valence-electron chi connectivity index (χ1n) is 7.10. The fraction of sp³-hybridized carbons (Fsp3) is 1.00. The second-order valence-electron chi connectivity index (χ2n) is 5.79. The van der Waals surface area contributed by atoms with E-state index in [0.717, 1.165) is 44.8 Å². The molecule has 0 atom stereocenters. The van der Waals surface area contributed by atoms with Crippen molar-refractivity contribution in [3.05, 3.63) is 0 Å². The number of aliphatic hydroxyl groups is 2. The number of nitrogens with zero attached hydrogens (tertiary/aromatic N) is 1. The molecule has 3 heteroatoms. The molecule has 0 aliphatic heterocycles. The van der Waals surface area contributed by atoms with Gasteiger partial charge in [-0.1, -0.05) is 26.7 Å². The van der Waals surface area contributed by atoms with Gasteiger partial charge in [0.25, 0.3) is 0 Å². The number of aliphatic hydroxyl groups excluding tert-OH is 2. The van der Waals surface area contributed by atoms with Gasteiger partial charge in [-0.25, -0.2) is 0 Å². The van der Waals surface area contributed by atoms with E-state index in [2.05, 4.69) is 18.7 Å². The largest absolute Gasteiger partial charge is 0.396 e. The van der Waals surface area contributed by atoms with Crippen LogP contribution in [0.1, 0.15) is 46.0 Å². The van der Waals surface area contributed by atoms with Crippen LogP contribution in [-0.4, -0.2) is 48.0 Å². The summed E-state index contributed by atoms with van der Waals surface area (Å²) in [5.74, 6) is 0.821. The van der Waals surface area contributed by atoms with Crippen LogP contribution in [0.4, 0.5) is 0 Å². The molecule has 0 spiro atoms. The molecule has 1 fully saturated rings. The van der Waals surface area contributed by atoms with E-state index in [0.29, 0.717) is 6.61 Å². The monoisotopic (exact) mass is 243 g/mol. The molecule has 0 aromatic heterocycles. The molecule has 0 unspecified atom stereocenters. The maximum atomic E-state index is 9.72. The van der Waals surface area contributed by atoms with Crippen LogP contribution in [0.5, 0.6) is 0 Å². The van der Waals surface area contributed by atoms with Crippen molar-refractivity contribution in [3.8, 4) is 0 Å². The summed E-state index contributed by atoms with van der Waals surface area (Å²) < 4.78 is 0. The smallest absolute Gasteiger partial charge is 0.0499 e. The lowest BCUT2D eigenvalue weighted by Gasteiger charge is -2.41. The third-order valence-corrected chi connectivity index (χ3v) is 4.31. The van der Waals surface area contributed by atoms with E-state index in [9.17, 15) is 5.11 Å². The highest BCUT2D eigenvalue weighted by molar-refractivity contribution is 4.87. The Morgan fingerprint density at radius 3 is 2.35 bits per heavy atom. The van der Waals surface area contributed by atoms with Crippen molar-refractivity contribution in [1.29, 1.82) is 0 Å². The Morgan fingerprint density at radius 2 is 1.88 bits per heavy atom. The van der Waals surface area contributed by atoms with E-state index >= 15 is 0 Å². The van der Waals surface area contributed by atoms with Crippen molar-refractivity contribution in [2.45, 2.75) is 46.0 Å². The van der Waals surface area contributed by atoms with Gasteiger partial charge in [-0.3, -0.25) is 0 Å². The average Bonchev–Trinajstić information content (AvgIpc) is 2.37. The van der Waals surface area contributed by atoms with Crippen LogP contribution in [0.15, 0.2) is 0 Å². The maximum absolute atomic E-state index is 9.72. The molecule has 102 valence electrons. The summed E-state index contributed by atoms with van der Waals surface area (Å²) in [6.07, 6.45) is 5.64. The molecule has 17 heavy (non-hydrogen) atoms. The molecule has 0 aromatic carbocycles. The van der Waals surface area contributed by atoms with Crippen LogP contribution in [0.3, 0.4) is 0 Å². The topological polar surface area (TPSA) is 43.7 Å². The second-order valence-corrected chi connectivity index (χ2v) is 5.79. The van der Waals surface area contributed by atoms with Gasteiger partial charge in [-0.05, 0) is 31.7 Å². The fourth-order valence-electron chi connectivity index (χ4n) is 2.86. The quantitative estimate of drug-likeness (QED) is 0.717. The van der Waals surface area contributed by atoms with Crippen molar-refractivity contribution >= 4 is 0 Å². The average molecular weight is 243 g/mol. The van der Waals surface area contributed by atoms with Gasteiger partial charge in [0, 0.05) is 31.7 Å². The molecule has 0 saturated heterocycles. The first-order chi connectivity index (χ1) is 8.15. The van der Waals surface area contributed by atoms with E-state index in [1.54, 1.807) is 0 Å².